The number of piperidine rings is 1. The number of benzene rings is 1. The number of amides is 1. The maximum atomic E-state index is 12.7. The van der Waals surface area contributed by atoms with Crippen LogP contribution in [0, 0.1) is 0 Å². The quantitative estimate of drug-likeness (QED) is 0.816. The van der Waals surface area contributed by atoms with Crippen LogP contribution < -0.4 is 10.1 Å². The minimum Gasteiger partial charge on any atom is -0.491 e. The number of fused-ring (bicyclic) bond motifs is 2. The molecule has 2 heterocycles. The summed E-state index contributed by atoms with van der Waals surface area (Å²) in [5, 5.41) is 3.62. The fourth-order valence-corrected chi connectivity index (χ4v) is 3.65. The molecule has 2 aliphatic heterocycles. The third-order valence-electron chi connectivity index (χ3n) is 4.97. The molecule has 0 radical (unpaired) electrons. The number of methoxy groups -OCH3 is 1. The van der Waals surface area contributed by atoms with Crippen LogP contribution in [0.5, 0.6) is 5.75 Å². The molecule has 1 aromatic rings. The number of hydrogen-bond donors (Lipinski definition) is 1. The van der Waals surface area contributed by atoms with Gasteiger partial charge in [0.25, 0.3) is 5.91 Å². The van der Waals surface area contributed by atoms with Crippen LogP contribution in [0.2, 0.25) is 0 Å². The minimum absolute atomic E-state index is 0.0970. The minimum atomic E-state index is 0.0970. The second-order valence-electron chi connectivity index (χ2n) is 6.54. The highest BCUT2D eigenvalue weighted by Crippen LogP contribution is 2.30. The van der Waals surface area contributed by atoms with Gasteiger partial charge in [0, 0.05) is 37.8 Å². The molecule has 2 atom stereocenters. The number of hydrogen-bond acceptors (Lipinski definition) is 4. The summed E-state index contributed by atoms with van der Waals surface area (Å²) in [6.07, 6.45) is 4.63. The number of nitrogens with one attached hydrogen (secondary N) is 1. The van der Waals surface area contributed by atoms with Crippen molar-refractivity contribution in [3.05, 3.63) is 29.8 Å². The normalized spacial score (nSPS) is 26.1. The average molecular weight is 318 g/mol. The number of rotatable bonds is 6. The van der Waals surface area contributed by atoms with Crippen molar-refractivity contribution in [2.24, 2.45) is 0 Å². The Hall–Kier alpha value is -1.59. The van der Waals surface area contributed by atoms with Crippen molar-refractivity contribution in [3.63, 3.8) is 0 Å². The molecule has 2 bridgehead atoms. The Bertz CT molecular complexity index is 520. The first-order valence-corrected chi connectivity index (χ1v) is 8.42. The Morgan fingerprint density at radius 2 is 1.83 bits per heavy atom. The fourth-order valence-electron chi connectivity index (χ4n) is 3.65. The Kier molecular flexibility index (Phi) is 5.18. The summed E-state index contributed by atoms with van der Waals surface area (Å²) in [4.78, 5) is 14.6. The van der Waals surface area contributed by atoms with Gasteiger partial charge in [-0.25, -0.2) is 0 Å². The molecule has 2 unspecified atom stereocenters. The number of ether oxygens (including phenoxy) is 2. The van der Waals surface area contributed by atoms with Crippen molar-refractivity contribution in [2.75, 3.05) is 27.4 Å². The highest BCUT2D eigenvalue weighted by Gasteiger charge is 2.36. The molecule has 0 aromatic heterocycles. The van der Waals surface area contributed by atoms with E-state index >= 15 is 0 Å². The van der Waals surface area contributed by atoms with Crippen molar-refractivity contribution >= 4 is 5.91 Å². The summed E-state index contributed by atoms with van der Waals surface area (Å²) in [5.41, 5.74) is 0.720. The molecular formula is C18H26N2O3. The zero-order valence-corrected chi connectivity index (χ0v) is 14.0. The van der Waals surface area contributed by atoms with Gasteiger partial charge in [-0.05, 0) is 49.9 Å². The Balaban J connectivity index is 1.58. The van der Waals surface area contributed by atoms with Gasteiger partial charge in [0.1, 0.15) is 12.4 Å². The molecule has 2 fully saturated rings. The smallest absolute Gasteiger partial charge is 0.253 e. The van der Waals surface area contributed by atoms with Crippen molar-refractivity contribution in [2.45, 2.75) is 43.8 Å². The molecule has 0 saturated carbocycles. The van der Waals surface area contributed by atoms with Crippen LogP contribution in [0.4, 0.5) is 0 Å². The molecule has 3 rings (SSSR count). The van der Waals surface area contributed by atoms with E-state index in [4.69, 9.17) is 9.47 Å². The van der Waals surface area contributed by atoms with Gasteiger partial charge in [-0.15, -0.1) is 0 Å². The lowest BCUT2D eigenvalue weighted by atomic mass is 9.98. The van der Waals surface area contributed by atoms with E-state index in [1.165, 1.54) is 12.8 Å². The van der Waals surface area contributed by atoms with Crippen molar-refractivity contribution in [1.29, 1.82) is 0 Å². The van der Waals surface area contributed by atoms with E-state index in [1.54, 1.807) is 7.11 Å². The van der Waals surface area contributed by atoms with Crippen LogP contribution in [-0.4, -0.2) is 56.3 Å². The molecule has 1 aromatic carbocycles. The lowest BCUT2D eigenvalue weighted by Gasteiger charge is -2.35. The van der Waals surface area contributed by atoms with Gasteiger partial charge in [0.2, 0.25) is 0 Å². The van der Waals surface area contributed by atoms with E-state index in [9.17, 15) is 4.79 Å². The molecule has 5 nitrogen and oxygen atoms in total. The summed E-state index contributed by atoms with van der Waals surface area (Å²) in [6.45, 7) is 1.07. The molecule has 1 N–H and O–H groups in total. The van der Waals surface area contributed by atoms with Crippen LogP contribution in [-0.2, 0) is 4.74 Å². The summed E-state index contributed by atoms with van der Waals surface area (Å²) in [6, 6.07) is 8.91. The van der Waals surface area contributed by atoms with Gasteiger partial charge >= 0.3 is 0 Å². The lowest BCUT2D eigenvalue weighted by molar-refractivity contribution is 0.0681. The molecule has 23 heavy (non-hydrogen) atoms. The predicted octanol–water partition coefficient (Wildman–Crippen LogP) is 2.07. The van der Waals surface area contributed by atoms with E-state index in [0.29, 0.717) is 31.3 Å². The summed E-state index contributed by atoms with van der Waals surface area (Å²) >= 11 is 0. The van der Waals surface area contributed by atoms with Gasteiger partial charge in [-0.3, -0.25) is 4.79 Å². The van der Waals surface area contributed by atoms with Gasteiger partial charge in [0.05, 0.1) is 6.61 Å². The Labute approximate surface area is 137 Å². The molecule has 2 aliphatic rings. The Morgan fingerprint density at radius 3 is 2.43 bits per heavy atom. The number of carbonyl (C=O) groups excluding carboxylic acids is 1. The third kappa shape index (κ3) is 3.85. The second kappa shape index (κ2) is 7.32. The molecule has 0 spiro atoms. The molecule has 5 heteroatoms. The lowest BCUT2D eigenvalue weighted by Crippen LogP contribution is -2.48. The van der Waals surface area contributed by atoms with Crippen LogP contribution in [0.1, 0.15) is 36.0 Å². The Morgan fingerprint density at radius 1 is 1.17 bits per heavy atom. The SMILES string of the molecule is COCCOc1ccc(C(=O)N(C)C2CC3CCC(C2)N3)cc1. The predicted molar refractivity (Wildman–Crippen MR) is 88.9 cm³/mol. The monoisotopic (exact) mass is 318 g/mol. The van der Waals surface area contributed by atoms with E-state index in [-0.39, 0.29) is 5.91 Å². The first-order chi connectivity index (χ1) is 11.2. The second-order valence-corrected chi connectivity index (χ2v) is 6.54. The third-order valence-corrected chi connectivity index (χ3v) is 4.97. The van der Waals surface area contributed by atoms with Gasteiger partial charge in [0.15, 0.2) is 0 Å². The van der Waals surface area contributed by atoms with E-state index in [0.717, 1.165) is 24.2 Å². The topological polar surface area (TPSA) is 50.8 Å². The van der Waals surface area contributed by atoms with Gasteiger partial charge < -0.3 is 19.7 Å². The number of carbonyl (C=O) groups is 1. The van der Waals surface area contributed by atoms with Crippen molar-refractivity contribution in [3.8, 4) is 5.75 Å². The highest BCUT2D eigenvalue weighted by atomic mass is 16.5. The van der Waals surface area contributed by atoms with Crippen LogP contribution in [0.15, 0.2) is 24.3 Å². The van der Waals surface area contributed by atoms with E-state index < -0.39 is 0 Å². The first-order valence-electron chi connectivity index (χ1n) is 8.42. The zero-order chi connectivity index (χ0) is 16.2. The summed E-state index contributed by atoms with van der Waals surface area (Å²) < 4.78 is 10.5. The van der Waals surface area contributed by atoms with Gasteiger partial charge in [-0.1, -0.05) is 0 Å². The maximum Gasteiger partial charge on any atom is 0.253 e. The van der Waals surface area contributed by atoms with Crippen molar-refractivity contribution in [1.82, 2.24) is 10.2 Å². The maximum absolute atomic E-state index is 12.7. The molecular weight excluding hydrogens is 292 g/mol. The van der Waals surface area contributed by atoms with Crippen LogP contribution in [0.3, 0.4) is 0 Å². The average Bonchev–Trinajstić information content (AvgIpc) is 2.92. The van der Waals surface area contributed by atoms with Crippen LogP contribution in [0.25, 0.3) is 0 Å². The molecule has 0 aliphatic carbocycles. The molecule has 2 saturated heterocycles. The standard InChI is InChI=1S/C18H26N2O3/c1-20(16-11-14-5-6-15(12-16)19-14)18(21)13-3-7-17(8-4-13)23-10-9-22-2/h3-4,7-8,14-16,19H,5-6,9-12H2,1-2H3. The summed E-state index contributed by atoms with van der Waals surface area (Å²) in [5.74, 6) is 0.862. The fraction of sp³-hybridized carbons (Fsp3) is 0.611. The van der Waals surface area contributed by atoms with Crippen LogP contribution >= 0.6 is 0 Å². The van der Waals surface area contributed by atoms with E-state index in [2.05, 4.69) is 5.32 Å². The zero-order valence-electron chi connectivity index (χ0n) is 14.0. The van der Waals surface area contributed by atoms with E-state index in [1.807, 2.05) is 36.2 Å². The molecule has 126 valence electrons. The summed E-state index contributed by atoms with van der Waals surface area (Å²) in [7, 11) is 3.58. The first kappa shape index (κ1) is 16.3. The molecule has 1 amide bonds. The largest absolute Gasteiger partial charge is 0.491 e. The highest BCUT2D eigenvalue weighted by molar-refractivity contribution is 5.94. The number of nitrogens with zero attached hydrogens (tertiary/aromatic N) is 1. The van der Waals surface area contributed by atoms with Crippen molar-refractivity contribution < 1.29 is 14.3 Å². The van der Waals surface area contributed by atoms with Gasteiger partial charge in [-0.2, -0.15) is 0 Å².